The summed E-state index contributed by atoms with van der Waals surface area (Å²) < 4.78 is 0. The molecule has 0 aliphatic carbocycles. The molecule has 0 saturated carbocycles. The third kappa shape index (κ3) is 3.60. The van der Waals surface area contributed by atoms with E-state index < -0.39 is 0 Å². The van der Waals surface area contributed by atoms with E-state index in [0.717, 1.165) is 13.0 Å². The third-order valence-electron chi connectivity index (χ3n) is 4.53. The van der Waals surface area contributed by atoms with Gasteiger partial charge in [0.25, 0.3) is 0 Å². The van der Waals surface area contributed by atoms with Crippen molar-refractivity contribution in [1.82, 2.24) is 15.1 Å². The Morgan fingerprint density at radius 2 is 2.10 bits per heavy atom. The Kier molecular flexibility index (Phi) is 5.58. The summed E-state index contributed by atoms with van der Waals surface area (Å²) >= 11 is 0. The van der Waals surface area contributed by atoms with Crippen LogP contribution in [-0.4, -0.2) is 56.6 Å². The van der Waals surface area contributed by atoms with Crippen LogP contribution in [0.4, 0.5) is 0 Å². The number of hydrogen-bond donors (Lipinski definition) is 1. The van der Waals surface area contributed by atoms with Crippen molar-refractivity contribution in [1.29, 1.82) is 0 Å². The largest absolute Gasteiger partial charge is 0.312 e. The quantitative estimate of drug-likeness (QED) is 0.908. The predicted octanol–water partition coefficient (Wildman–Crippen LogP) is 2.15. The zero-order valence-corrected chi connectivity index (χ0v) is 13.4. The van der Waals surface area contributed by atoms with Crippen LogP contribution in [0.5, 0.6) is 0 Å². The lowest BCUT2D eigenvalue weighted by atomic mass is 9.96. The summed E-state index contributed by atoms with van der Waals surface area (Å²) in [6, 6.07) is 9.96. The third-order valence-corrected chi connectivity index (χ3v) is 4.53. The molecule has 3 nitrogen and oxygen atoms in total. The van der Waals surface area contributed by atoms with Gasteiger partial charge in [-0.15, -0.1) is 0 Å². The molecule has 2 atom stereocenters. The van der Waals surface area contributed by atoms with Gasteiger partial charge in [-0.1, -0.05) is 31.2 Å². The highest BCUT2D eigenvalue weighted by Crippen LogP contribution is 2.23. The standard InChI is InChI=1S/C17H29N3/c1-5-14-8-6-9-15(12-14)17(18-2)16-13-19(3)10-7-11-20(16)4/h6,8-9,12,16-18H,5,7,10-11,13H2,1-4H3. The maximum atomic E-state index is 3.55. The number of hydrogen-bond acceptors (Lipinski definition) is 3. The molecule has 1 heterocycles. The summed E-state index contributed by atoms with van der Waals surface area (Å²) in [5.74, 6) is 0. The maximum Gasteiger partial charge on any atom is 0.0488 e. The first-order valence-corrected chi connectivity index (χ1v) is 7.80. The lowest BCUT2D eigenvalue weighted by Gasteiger charge is -2.35. The zero-order chi connectivity index (χ0) is 14.5. The van der Waals surface area contributed by atoms with Gasteiger partial charge in [-0.05, 0) is 58.2 Å². The number of rotatable bonds is 4. The van der Waals surface area contributed by atoms with Gasteiger partial charge in [0.2, 0.25) is 0 Å². The molecule has 1 aromatic rings. The first-order chi connectivity index (χ1) is 9.65. The lowest BCUT2D eigenvalue weighted by Crippen LogP contribution is -2.46. The van der Waals surface area contributed by atoms with Crippen LogP contribution >= 0.6 is 0 Å². The zero-order valence-electron chi connectivity index (χ0n) is 13.4. The van der Waals surface area contributed by atoms with E-state index in [1.54, 1.807) is 0 Å². The van der Waals surface area contributed by atoms with Crippen LogP contribution in [0, 0.1) is 0 Å². The fraction of sp³-hybridized carbons (Fsp3) is 0.647. The molecule has 3 heteroatoms. The van der Waals surface area contributed by atoms with Gasteiger partial charge in [0.15, 0.2) is 0 Å². The van der Waals surface area contributed by atoms with E-state index in [-0.39, 0.29) is 0 Å². The van der Waals surface area contributed by atoms with Gasteiger partial charge >= 0.3 is 0 Å². The summed E-state index contributed by atoms with van der Waals surface area (Å²) in [5.41, 5.74) is 2.84. The Balaban J connectivity index is 2.24. The summed E-state index contributed by atoms with van der Waals surface area (Å²) in [4.78, 5) is 4.98. The first-order valence-electron chi connectivity index (χ1n) is 7.80. The average Bonchev–Trinajstić information content (AvgIpc) is 2.62. The van der Waals surface area contributed by atoms with Crippen molar-refractivity contribution in [2.75, 3.05) is 40.8 Å². The second-order valence-corrected chi connectivity index (χ2v) is 6.03. The summed E-state index contributed by atoms with van der Waals surface area (Å²) in [5, 5.41) is 3.55. The molecule has 1 aliphatic rings. The molecule has 2 rings (SSSR count). The molecule has 0 spiro atoms. The molecule has 112 valence electrons. The molecular weight excluding hydrogens is 246 g/mol. The summed E-state index contributed by atoms with van der Waals surface area (Å²) in [7, 11) is 6.58. The Bertz CT molecular complexity index is 418. The SMILES string of the molecule is CCc1cccc(C(NC)C2CN(C)CCCN2C)c1. The molecule has 0 bridgehead atoms. The number of nitrogens with one attached hydrogen (secondary N) is 1. The van der Waals surface area contributed by atoms with Crippen LogP contribution in [0.2, 0.25) is 0 Å². The van der Waals surface area contributed by atoms with Crippen LogP contribution in [0.3, 0.4) is 0 Å². The van der Waals surface area contributed by atoms with Crippen molar-refractivity contribution in [2.24, 2.45) is 0 Å². The van der Waals surface area contributed by atoms with E-state index in [2.05, 4.69) is 67.4 Å². The van der Waals surface area contributed by atoms with Gasteiger partial charge < -0.3 is 15.1 Å². The van der Waals surface area contributed by atoms with Gasteiger partial charge in [0.1, 0.15) is 0 Å². The predicted molar refractivity (Wildman–Crippen MR) is 86.2 cm³/mol. The Labute approximate surface area is 124 Å². The van der Waals surface area contributed by atoms with Gasteiger partial charge in [0, 0.05) is 18.6 Å². The van der Waals surface area contributed by atoms with Gasteiger partial charge in [-0.2, -0.15) is 0 Å². The van der Waals surface area contributed by atoms with Crippen LogP contribution in [-0.2, 0) is 6.42 Å². The van der Waals surface area contributed by atoms with E-state index in [0.29, 0.717) is 12.1 Å². The van der Waals surface area contributed by atoms with Crippen molar-refractivity contribution in [2.45, 2.75) is 31.8 Å². The second kappa shape index (κ2) is 7.21. The number of likely N-dealkylation sites (N-methyl/N-ethyl adjacent to an activating group) is 3. The molecule has 1 aromatic carbocycles. The van der Waals surface area contributed by atoms with Crippen LogP contribution < -0.4 is 5.32 Å². The monoisotopic (exact) mass is 275 g/mol. The Morgan fingerprint density at radius 1 is 1.30 bits per heavy atom. The molecule has 1 N–H and O–H groups in total. The van der Waals surface area contributed by atoms with Gasteiger partial charge in [0.05, 0.1) is 0 Å². The van der Waals surface area contributed by atoms with Crippen molar-refractivity contribution in [3.63, 3.8) is 0 Å². The minimum absolute atomic E-state index is 0.395. The maximum absolute atomic E-state index is 3.55. The smallest absolute Gasteiger partial charge is 0.0488 e. The first kappa shape index (κ1) is 15.5. The highest BCUT2D eigenvalue weighted by molar-refractivity contribution is 5.27. The highest BCUT2D eigenvalue weighted by Gasteiger charge is 2.28. The Morgan fingerprint density at radius 3 is 2.80 bits per heavy atom. The van der Waals surface area contributed by atoms with Crippen molar-refractivity contribution in [3.05, 3.63) is 35.4 Å². The molecule has 1 aliphatic heterocycles. The molecule has 1 fully saturated rings. The van der Waals surface area contributed by atoms with Crippen LogP contribution in [0.15, 0.2) is 24.3 Å². The van der Waals surface area contributed by atoms with Gasteiger partial charge in [-0.3, -0.25) is 0 Å². The normalized spacial score (nSPS) is 23.5. The van der Waals surface area contributed by atoms with Crippen molar-refractivity contribution >= 4 is 0 Å². The minimum Gasteiger partial charge on any atom is -0.312 e. The van der Waals surface area contributed by atoms with E-state index in [4.69, 9.17) is 0 Å². The fourth-order valence-corrected chi connectivity index (χ4v) is 3.25. The number of aryl methyl sites for hydroxylation is 1. The second-order valence-electron chi connectivity index (χ2n) is 6.03. The van der Waals surface area contributed by atoms with E-state index in [1.165, 1.54) is 30.6 Å². The van der Waals surface area contributed by atoms with E-state index in [1.807, 2.05) is 0 Å². The van der Waals surface area contributed by atoms with Crippen molar-refractivity contribution < 1.29 is 0 Å². The van der Waals surface area contributed by atoms with E-state index >= 15 is 0 Å². The molecule has 0 aromatic heterocycles. The Hall–Kier alpha value is -0.900. The molecular formula is C17H29N3. The molecule has 1 saturated heterocycles. The van der Waals surface area contributed by atoms with E-state index in [9.17, 15) is 0 Å². The molecule has 20 heavy (non-hydrogen) atoms. The summed E-state index contributed by atoms with van der Waals surface area (Å²) in [6.07, 6.45) is 2.36. The molecule has 0 radical (unpaired) electrons. The number of nitrogens with zero attached hydrogens (tertiary/aromatic N) is 2. The summed E-state index contributed by atoms with van der Waals surface area (Å²) in [6.45, 7) is 5.73. The average molecular weight is 275 g/mol. The number of benzene rings is 1. The molecule has 2 unspecified atom stereocenters. The van der Waals surface area contributed by atoms with Gasteiger partial charge in [-0.25, -0.2) is 0 Å². The van der Waals surface area contributed by atoms with Crippen LogP contribution in [0.25, 0.3) is 0 Å². The lowest BCUT2D eigenvalue weighted by molar-refractivity contribution is 0.182. The topological polar surface area (TPSA) is 18.5 Å². The fourth-order valence-electron chi connectivity index (χ4n) is 3.25. The molecule has 0 amide bonds. The minimum atomic E-state index is 0.395. The van der Waals surface area contributed by atoms with Crippen LogP contribution in [0.1, 0.15) is 30.5 Å². The van der Waals surface area contributed by atoms with Crippen molar-refractivity contribution in [3.8, 4) is 0 Å². The highest BCUT2D eigenvalue weighted by atomic mass is 15.2.